The predicted octanol–water partition coefficient (Wildman–Crippen LogP) is 8.01. The first kappa shape index (κ1) is 32.9. The van der Waals surface area contributed by atoms with Crippen LogP contribution >= 0.6 is 0 Å². The number of amides is 2. The summed E-state index contributed by atoms with van der Waals surface area (Å²) < 4.78 is 11.2. The SMILES string of the molecule is CC(C)(C)OC(=O)N1CCCC1c1ncc(C#Cc2ccc(-c3ccc(-c4cnc(C5CCCN5C(=O)OC(C)(C)C)[nH]4)cc3)cc2)[nH]1. The second-order valence-electron chi connectivity index (χ2n) is 14.4. The second-order valence-corrected chi connectivity index (χ2v) is 14.4. The first-order chi connectivity index (χ1) is 22.8. The maximum absolute atomic E-state index is 12.8. The Morgan fingerprint density at radius 1 is 0.688 bits per heavy atom. The molecule has 2 amide bonds. The molecule has 2 saturated heterocycles. The number of carbonyl (C=O) groups excluding carboxylic acids is 2. The number of hydrogen-bond acceptors (Lipinski definition) is 6. The smallest absolute Gasteiger partial charge is 0.410 e. The number of carbonyl (C=O) groups is 2. The molecular weight excluding hydrogens is 604 g/mol. The van der Waals surface area contributed by atoms with Crippen molar-refractivity contribution in [2.75, 3.05) is 13.1 Å². The highest BCUT2D eigenvalue weighted by Crippen LogP contribution is 2.34. The molecule has 10 heteroatoms. The summed E-state index contributed by atoms with van der Waals surface area (Å²) in [5.74, 6) is 7.90. The minimum atomic E-state index is -0.543. The van der Waals surface area contributed by atoms with E-state index >= 15 is 0 Å². The first-order valence-electron chi connectivity index (χ1n) is 16.6. The van der Waals surface area contributed by atoms with E-state index in [0.29, 0.717) is 18.8 Å². The zero-order valence-electron chi connectivity index (χ0n) is 28.6. The highest BCUT2D eigenvalue weighted by atomic mass is 16.6. The van der Waals surface area contributed by atoms with Gasteiger partial charge in [0.1, 0.15) is 28.5 Å². The van der Waals surface area contributed by atoms with Gasteiger partial charge in [-0.25, -0.2) is 19.6 Å². The topological polar surface area (TPSA) is 116 Å². The number of aromatic amines is 2. The summed E-state index contributed by atoms with van der Waals surface area (Å²) in [6, 6.07) is 16.2. The lowest BCUT2D eigenvalue weighted by molar-refractivity contribution is 0.0208. The number of nitrogens with one attached hydrogen (secondary N) is 2. The number of H-pyrrole nitrogens is 2. The van der Waals surface area contributed by atoms with Gasteiger partial charge in [-0.2, -0.15) is 0 Å². The molecule has 48 heavy (non-hydrogen) atoms. The number of aromatic nitrogens is 4. The first-order valence-corrected chi connectivity index (χ1v) is 16.6. The van der Waals surface area contributed by atoms with Crippen molar-refractivity contribution in [3.63, 3.8) is 0 Å². The van der Waals surface area contributed by atoms with E-state index in [-0.39, 0.29) is 24.3 Å². The van der Waals surface area contributed by atoms with Crippen LogP contribution in [0.15, 0.2) is 60.9 Å². The average Bonchev–Trinajstić information content (AvgIpc) is 3.85. The lowest BCUT2D eigenvalue weighted by Gasteiger charge is -2.27. The van der Waals surface area contributed by atoms with Gasteiger partial charge in [-0.1, -0.05) is 42.3 Å². The van der Waals surface area contributed by atoms with E-state index in [2.05, 4.69) is 68.2 Å². The van der Waals surface area contributed by atoms with Crippen molar-refractivity contribution in [2.45, 2.75) is 90.5 Å². The molecule has 250 valence electrons. The lowest BCUT2D eigenvalue weighted by atomic mass is 10.0. The summed E-state index contributed by atoms with van der Waals surface area (Å²) in [6.07, 6.45) is 6.44. The summed E-state index contributed by atoms with van der Waals surface area (Å²) >= 11 is 0. The number of imidazole rings is 2. The Balaban J connectivity index is 1.08. The van der Waals surface area contributed by atoms with Crippen LogP contribution in [0, 0.1) is 11.8 Å². The zero-order valence-corrected chi connectivity index (χ0v) is 28.6. The van der Waals surface area contributed by atoms with E-state index in [1.165, 1.54) is 0 Å². The van der Waals surface area contributed by atoms with Gasteiger partial charge in [-0.15, -0.1) is 0 Å². The Morgan fingerprint density at radius 2 is 1.17 bits per heavy atom. The fraction of sp³-hybridized carbons (Fsp3) is 0.421. The molecule has 2 unspecified atom stereocenters. The van der Waals surface area contributed by atoms with Gasteiger partial charge in [0.15, 0.2) is 0 Å². The van der Waals surface area contributed by atoms with Crippen LogP contribution in [0.2, 0.25) is 0 Å². The number of nitrogens with zero attached hydrogens (tertiary/aromatic N) is 4. The van der Waals surface area contributed by atoms with Gasteiger partial charge >= 0.3 is 12.2 Å². The fourth-order valence-electron chi connectivity index (χ4n) is 6.13. The Bertz CT molecular complexity index is 1820. The molecule has 0 saturated carbocycles. The molecule has 4 heterocycles. The summed E-state index contributed by atoms with van der Waals surface area (Å²) in [6.45, 7) is 12.6. The van der Waals surface area contributed by atoms with Gasteiger partial charge < -0.3 is 19.4 Å². The summed E-state index contributed by atoms with van der Waals surface area (Å²) in [5.41, 5.74) is 4.62. The van der Waals surface area contributed by atoms with Crippen LogP contribution in [-0.4, -0.2) is 66.2 Å². The molecule has 2 aromatic carbocycles. The van der Waals surface area contributed by atoms with E-state index in [0.717, 1.165) is 65.3 Å². The van der Waals surface area contributed by atoms with Crippen LogP contribution in [0.5, 0.6) is 0 Å². The lowest BCUT2D eigenvalue weighted by Crippen LogP contribution is -2.36. The van der Waals surface area contributed by atoms with Crippen molar-refractivity contribution >= 4 is 12.2 Å². The molecule has 2 aliphatic heterocycles. The molecular formula is C38H44N6O4. The van der Waals surface area contributed by atoms with Gasteiger partial charge in [0.2, 0.25) is 0 Å². The number of rotatable bonds is 4. The zero-order chi connectivity index (χ0) is 34.1. The van der Waals surface area contributed by atoms with Crippen molar-refractivity contribution in [2.24, 2.45) is 0 Å². The Kier molecular flexibility index (Phi) is 9.06. The molecule has 0 spiro atoms. The van der Waals surface area contributed by atoms with Crippen molar-refractivity contribution in [1.29, 1.82) is 0 Å². The summed E-state index contributed by atoms with van der Waals surface area (Å²) in [4.78, 5) is 44.9. The molecule has 2 N–H and O–H groups in total. The van der Waals surface area contributed by atoms with Crippen molar-refractivity contribution in [3.8, 4) is 34.2 Å². The largest absolute Gasteiger partial charge is 0.444 e. The molecule has 4 aromatic rings. The molecule has 0 bridgehead atoms. The molecule has 2 aliphatic rings. The highest BCUT2D eigenvalue weighted by Gasteiger charge is 2.36. The van der Waals surface area contributed by atoms with Gasteiger partial charge in [-0.05, 0) is 102 Å². The number of benzene rings is 2. The maximum atomic E-state index is 12.8. The monoisotopic (exact) mass is 648 g/mol. The standard InChI is InChI=1S/C38H44N6O4/c1-37(2,3)47-35(45)43-21-7-9-31(43)33-39-23-29(41-33)20-13-25-11-14-26(15-12-25)27-16-18-28(19-17-27)30-24-40-34(42-30)32-10-8-22-44(32)36(46)48-38(4,5)6/h11-12,14-19,23-24,31-32H,7-10,21-22H2,1-6H3,(H,39,41)(H,40,42). The van der Waals surface area contributed by atoms with Gasteiger partial charge in [-0.3, -0.25) is 9.80 Å². The van der Waals surface area contributed by atoms with E-state index < -0.39 is 11.2 Å². The summed E-state index contributed by atoms with van der Waals surface area (Å²) in [7, 11) is 0. The van der Waals surface area contributed by atoms with E-state index in [1.54, 1.807) is 16.0 Å². The Labute approximate surface area is 282 Å². The third kappa shape index (κ3) is 7.73. The van der Waals surface area contributed by atoms with E-state index in [4.69, 9.17) is 9.47 Å². The van der Waals surface area contributed by atoms with Gasteiger partial charge in [0, 0.05) is 18.7 Å². The fourth-order valence-corrected chi connectivity index (χ4v) is 6.13. The van der Waals surface area contributed by atoms with Crippen LogP contribution in [0.25, 0.3) is 22.4 Å². The average molecular weight is 649 g/mol. The number of hydrogen-bond donors (Lipinski definition) is 2. The quantitative estimate of drug-likeness (QED) is 0.217. The van der Waals surface area contributed by atoms with Crippen molar-refractivity contribution < 1.29 is 19.1 Å². The number of likely N-dealkylation sites (tertiary alicyclic amines) is 2. The van der Waals surface area contributed by atoms with Crippen LogP contribution < -0.4 is 0 Å². The minimum Gasteiger partial charge on any atom is -0.444 e. The summed E-state index contributed by atoms with van der Waals surface area (Å²) in [5, 5.41) is 0. The van der Waals surface area contributed by atoms with Crippen LogP contribution in [-0.2, 0) is 9.47 Å². The third-order valence-electron chi connectivity index (χ3n) is 8.34. The van der Waals surface area contributed by atoms with Crippen LogP contribution in [0.3, 0.4) is 0 Å². The Hall–Kier alpha value is -5.04. The van der Waals surface area contributed by atoms with Crippen molar-refractivity contribution in [1.82, 2.24) is 29.7 Å². The third-order valence-corrected chi connectivity index (χ3v) is 8.34. The van der Waals surface area contributed by atoms with Crippen LogP contribution in [0.1, 0.15) is 102 Å². The van der Waals surface area contributed by atoms with E-state index in [1.807, 2.05) is 59.9 Å². The molecule has 2 aromatic heterocycles. The van der Waals surface area contributed by atoms with Crippen molar-refractivity contribution in [3.05, 3.63) is 83.8 Å². The van der Waals surface area contributed by atoms with Crippen LogP contribution in [0.4, 0.5) is 9.59 Å². The normalized spacial score (nSPS) is 18.0. The molecule has 10 nitrogen and oxygen atoms in total. The second kappa shape index (κ2) is 13.2. The maximum Gasteiger partial charge on any atom is 0.410 e. The Morgan fingerprint density at radius 3 is 1.71 bits per heavy atom. The molecule has 0 aliphatic carbocycles. The molecule has 2 fully saturated rings. The molecule has 2 atom stereocenters. The molecule has 0 radical (unpaired) electrons. The van der Waals surface area contributed by atoms with Gasteiger partial charge in [0.25, 0.3) is 0 Å². The molecule has 6 rings (SSSR count). The van der Waals surface area contributed by atoms with E-state index in [9.17, 15) is 9.59 Å². The predicted molar refractivity (Wildman–Crippen MR) is 184 cm³/mol. The minimum absolute atomic E-state index is 0.119. The highest BCUT2D eigenvalue weighted by molar-refractivity contribution is 5.71. The van der Waals surface area contributed by atoms with Gasteiger partial charge in [0.05, 0.1) is 30.2 Å². The number of ether oxygens (including phenoxy) is 2.